The van der Waals surface area contributed by atoms with Crippen LogP contribution in [0.25, 0.3) is 0 Å². The lowest BCUT2D eigenvalue weighted by Gasteiger charge is -2.35. The summed E-state index contributed by atoms with van der Waals surface area (Å²) in [6, 6.07) is 15.6. The van der Waals surface area contributed by atoms with Crippen molar-refractivity contribution < 1.29 is 24.0 Å². The molecule has 1 unspecified atom stereocenters. The smallest absolute Gasteiger partial charge is 0.336 e. The van der Waals surface area contributed by atoms with Gasteiger partial charge in [-0.25, -0.2) is 9.59 Å². The number of allylic oxidation sites excluding steroid dienone is 2. The minimum atomic E-state index is -0.585. The zero-order chi connectivity index (χ0) is 25.5. The number of ether oxygens (including phenoxy) is 2. The van der Waals surface area contributed by atoms with Crippen molar-refractivity contribution in [2.45, 2.75) is 38.5 Å². The van der Waals surface area contributed by atoms with Crippen LogP contribution in [0.2, 0.25) is 0 Å². The molecule has 0 aromatic heterocycles. The Bertz CT molecular complexity index is 1180. The maximum Gasteiger partial charge on any atom is 0.336 e. The van der Waals surface area contributed by atoms with E-state index < -0.39 is 16.9 Å². The van der Waals surface area contributed by atoms with Gasteiger partial charge in [-0.1, -0.05) is 36.4 Å². The topological polar surface area (TPSA) is 99.0 Å². The van der Waals surface area contributed by atoms with Crippen molar-refractivity contribution in [3.8, 4) is 0 Å². The summed E-state index contributed by atoms with van der Waals surface area (Å²) in [4.78, 5) is 38.3. The lowest BCUT2D eigenvalue weighted by molar-refractivity contribution is -0.384. The second-order valence-corrected chi connectivity index (χ2v) is 8.43. The molecule has 0 fully saturated rings. The van der Waals surface area contributed by atoms with Gasteiger partial charge in [0.15, 0.2) is 0 Å². The number of methoxy groups -OCH3 is 1. The van der Waals surface area contributed by atoms with Crippen LogP contribution in [0.4, 0.5) is 11.4 Å². The first kappa shape index (κ1) is 26.0. The summed E-state index contributed by atoms with van der Waals surface area (Å²) in [5.41, 5.74) is 2.93. The molecule has 3 rings (SSSR count). The largest absolute Gasteiger partial charge is 0.466 e. The van der Waals surface area contributed by atoms with Crippen LogP contribution < -0.4 is 4.90 Å². The molecule has 35 heavy (non-hydrogen) atoms. The first-order chi connectivity index (χ1) is 16.8. The second kappa shape index (κ2) is 11.7. The molecule has 0 N–H and O–H groups in total. The van der Waals surface area contributed by atoms with Crippen molar-refractivity contribution in [2.24, 2.45) is 0 Å². The third-order valence-corrected chi connectivity index (χ3v) is 6.26. The maximum absolute atomic E-state index is 13.0. The molecule has 1 aliphatic heterocycles. The lowest BCUT2D eigenvalue weighted by atomic mass is 9.92. The highest BCUT2D eigenvalue weighted by atomic mass is 35.5. The molecule has 1 aliphatic rings. The number of hydrogen-bond acceptors (Lipinski definition) is 7. The van der Waals surface area contributed by atoms with Gasteiger partial charge < -0.3 is 14.4 Å². The van der Waals surface area contributed by atoms with E-state index in [1.165, 1.54) is 19.2 Å². The van der Waals surface area contributed by atoms with Gasteiger partial charge in [0, 0.05) is 29.9 Å². The Hall–Kier alpha value is -3.65. The number of carbonyl (C=O) groups excluding carboxylic acids is 2. The zero-order valence-corrected chi connectivity index (χ0v) is 20.6. The molecule has 9 heteroatoms. The van der Waals surface area contributed by atoms with Crippen LogP contribution in [0.15, 0.2) is 77.1 Å². The van der Waals surface area contributed by atoms with Crippen LogP contribution >= 0.6 is 11.6 Å². The third-order valence-electron chi connectivity index (χ3n) is 5.79. The van der Waals surface area contributed by atoms with Crippen LogP contribution in [-0.4, -0.2) is 30.6 Å². The number of halogens is 1. The van der Waals surface area contributed by atoms with Crippen molar-refractivity contribution in [3.05, 3.63) is 92.8 Å². The van der Waals surface area contributed by atoms with E-state index in [2.05, 4.69) is 0 Å². The maximum atomic E-state index is 13.0. The van der Waals surface area contributed by atoms with Gasteiger partial charge in [0.05, 0.1) is 40.9 Å². The van der Waals surface area contributed by atoms with Gasteiger partial charge in [0.25, 0.3) is 5.69 Å². The van der Waals surface area contributed by atoms with Gasteiger partial charge in [0.2, 0.25) is 0 Å². The Kier molecular flexibility index (Phi) is 8.65. The fraction of sp³-hybridized carbons (Fsp3) is 0.308. The molecule has 2 aromatic rings. The number of nitro benzene ring substituents is 1. The second-order valence-electron chi connectivity index (χ2n) is 7.91. The standard InChI is InChI=1S/C26H27ClN2O6/c1-4-35-26(31)22-16-21(25(30)34-3)17(2)28(19-11-8-12-20(15-19)29(32)33)24(22)14-13-23(27)18-9-6-5-7-10-18/h5-12,15,23H,4,13-14,16H2,1-3H3. The first-order valence-corrected chi connectivity index (χ1v) is 11.6. The van der Waals surface area contributed by atoms with Crippen molar-refractivity contribution in [3.63, 3.8) is 0 Å². The van der Waals surface area contributed by atoms with E-state index in [0.717, 1.165) is 5.56 Å². The molecular weight excluding hydrogens is 472 g/mol. The summed E-state index contributed by atoms with van der Waals surface area (Å²) in [5.74, 6) is -1.14. The minimum absolute atomic E-state index is 0.0242. The van der Waals surface area contributed by atoms with Crippen LogP contribution in [0, 0.1) is 10.1 Å². The number of rotatable bonds is 9. The molecular formula is C26H27ClN2O6. The summed E-state index contributed by atoms with van der Waals surface area (Å²) >= 11 is 6.68. The van der Waals surface area contributed by atoms with E-state index in [4.69, 9.17) is 21.1 Å². The highest BCUT2D eigenvalue weighted by molar-refractivity contribution is 6.20. The van der Waals surface area contributed by atoms with Crippen molar-refractivity contribution in [1.29, 1.82) is 0 Å². The molecule has 0 aliphatic carbocycles. The normalized spacial score (nSPS) is 14.6. The Morgan fingerprint density at radius 1 is 1.11 bits per heavy atom. The minimum Gasteiger partial charge on any atom is -0.466 e. The molecule has 0 spiro atoms. The Balaban J connectivity index is 2.12. The molecule has 1 heterocycles. The van der Waals surface area contributed by atoms with Crippen LogP contribution in [0.1, 0.15) is 44.1 Å². The number of benzene rings is 2. The summed E-state index contributed by atoms with van der Waals surface area (Å²) < 4.78 is 10.3. The van der Waals surface area contributed by atoms with Crippen molar-refractivity contribution in [2.75, 3.05) is 18.6 Å². The van der Waals surface area contributed by atoms with E-state index in [9.17, 15) is 19.7 Å². The number of non-ortho nitro benzene ring substituents is 1. The van der Waals surface area contributed by atoms with E-state index in [1.54, 1.807) is 30.9 Å². The first-order valence-electron chi connectivity index (χ1n) is 11.2. The van der Waals surface area contributed by atoms with Gasteiger partial charge in [-0.15, -0.1) is 11.6 Å². The molecule has 0 saturated heterocycles. The zero-order valence-electron chi connectivity index (χ0n) is 19.8. The molecule has 0 radical (unpaired) electrons. The summed E-state index contributed by atoms with van der Waals surface area (Å²) in [5, 5.41) is 11.1. The predicted octanol–water partition coefficient (Wildman–Crippen LogP) is 5.83. The van der Waals surface area contributed by atoms with Crippen LogP contribution in [0.3, 0.4) is 0 Å². The summed E-state index contributed by atoms with van der Waals surface area (Å²) in [6.07, 6.45) is 0.873. The molecule has 184 valence electrons. The van der Waals surface area contributed by atoms with Gasteiger partial charge in [-0.3, -0.25) is 10.1 Å². The SMILES string of the molecule is CCOC(=O)C1=C(CCC(Cl)c2ccccc2)N(c2cccc([N+](=O)[O-])c2)C(C)=C(C(=O)OC)C1. The highest BCUT2D eigenvalue weighted by Crippen LogP contribution is 2.40. The average molecular weight is 499 g/mol. The Morgan fingerprint density at radius 3 is 2.46 bits per heavy atom. The van der Waals surface area contributed by atoms with E-state index in [-0.39, 0.29) is 29.7 Å². The molecule has 2 aromatic carbocycles. The van der Waals surface area contributed by atoms with Gasteiger partial charge in [-0.2, -0.15) is 0 Å². The predicted molar refractivity (Wildman–Crippen MR) is 133 cm³/mol. The quantitative estimate of drug-likeness (QED) is 0.185. The van der Waals surface area contributed by atoms with Crippen molar-refractivity contribution >= 4 is 34.9 Å². The number of nitrogens with zero attached hydrogens (tertiary/aromatic N) is 2. The van der Waals surface area contributed by atoms with Gasteiger partial charge in [0.1, 0.15) is 0 Å². The fourth-order valence-corrected chi connectivity index (χ4v) is 4.33. The average Bonchev–Trinajstić information content (AvgIpc) is 2.87. The fourth-order valence-electron chi connectivity index (χ4n) is 4.08. The number of nitro groups is 1. The monoisotopic (exact) mass is 498 g/mol. The summed E-state index contributed by atoms with van der Waals surface area (Å²) in [6.45, 7) is 3.58. The number of esters is 2. The molecule has 0 bridgehead atoms. The third kappa shape index (κ3) is 5.89. The van der Waals surface area contributed by atoms with E-state index >= 15 is 0 Å². The van der Waals surface area contributed by atoms with E-state index in [1.807, 2.05) is 30.3 Å². The Labute approximate surface area is 208 Å². The number of hydrogen-bond donors (Lipinski definition) is 0. The molecule has 1 atom stereocenters. The lowest BCUT2D eigenvalue weighted by Crippen LogP contribution is -2.32. The Morgan fingerprint density at radius 2 is 1.83 bits per heavy atom. The van der Waals surface area contributed by atoms with Crippen molar-refractivity contribution in [1.82, 2.24) is 0 Å². The summed E-state index contributed by atoms with van der Waals surface area (Å²) in [7, 11) is 1.27. The number of alkyl halides is 1. The van der Waals surface area contributed by atoms with E-state index in [0.29, 0.717) is 35.5 Å². The molecule has 0 saturated carbocycles. The van der Waals surface area contributed by atoms with Crippen LogP contribution in [0.5, 0.6) is 0 Å². The number of carbonyl (C=O) groups is 2. The van der Waals surface area contributed by atoms with Gasteiger partial charge >= 0.3 is 11.9 Å². The van der Waals surface area contributed by atoms with Crippen LogP contribution in [-0.2, 0) is 19.1 Å². The molecule has 8 nitrogen and oxygen atoms in total. The van der Waals surface area contributed by atoms with Gasteiger partial charge in [-0.05, 0) is 38.3 Å². The highest BCUT2D eigenvalue weighted by Gasteiger charge is 2.34. The molecule has 0 amide bonds. The number of anilines is 1.